The Hall–Kier alpha value is -2.45. The summed E-state index contributed by atoms with van der Waals surface area (Å²) in [5, 5.41) is 0.714. The maximum absolute atomic E-state index is 13.6. The van der Waals surface area contributed by atoms with Crippen molar-refractivity contribution in [3.63, 3.8) is 0 Å². The zero-order valence-electron chi connectivity index (χ0n) is 14.4. The average molecular weight is 402 g/mol. The van der Waals surface area contributed by atoms with Gasteiger partial charge in [-0.25, -0.2) is 16.8 Å². The molecule has 0 N–H and O–H groups in total. The van der Waals surface area contributed by atoms with Gasteiger partial charge in [-0.15, -0.1) is 0 Å². The van der Waals surface area contributed by atoms with Crippen molar-refractivity contribution in [1.82, 2.24) is 4.98 Å². The highest BCUT2D eigenvalue weighted by atomic mass is 32.2. The number of anilines is 1. The molecule has 27 heavy (non-hydrogen) atoms. The third-order valence-electron chi connectivity index (χ3n) is 4.68. The molecule has 2 heterocycles. The van der Waals surface area contributed by atoms with Crippen molar-refractivity contribution in [3.05, 3.63) is 66.9 Å². The van der Waals surface area contributed by atoms with Crippen molar-refractivity contribution >= 4 is 36.5 Å². The molecule has 0 aliphatic carbocycles. The van der Waals surface area contributed by atoms with Crippen LogP contribution in [-0.2, 0) is 19.9 Å². The van der Waals surface area contributed by atoms with Crippen LogP contribution in [0.1, 0.15) is 6.42 Å². The molecule has 1 aromatic heterocycles. The number of rotatable bonds is 4. The number of sulfonamides is 1. The molecular weight excluding hydrogens is 384 g/mol. The van der Waals surface area contributed by atoms with Gasteiger partial charge in [0.2, 0.25) is 0 Å². The topological polar surface area (TPSA) is 84.4 Å². The molecule has 2 aromatic carbocycles. The molecule has 0 unspecified atom stereocenters. The van der Waals surface area contributed by atoms with Crippen LogP contribution in [0.4, 0.5) is 5.69 Å². The lowest BCUT2D eigenvalue weighted by Crippen LogP contribution is -2.41. The number of hydrogen-bond donors (Lipinski definition) is 0. The quantitative estimate of drug-likeness (QED) is 0.670. The fraction of sp³-hybridized carbons (Fsp3) is 0.211. The molecule has 1 aliphatic rings. The number of sulfone groups is 1. The first-order valence-electron chi connectivity index (χ1n) is 8.52. The van der Waals surface area contributed by atoms with Crippen LogP contribution in [0.3, 0.4) is 0 Å². The maximum atomic E-state index is 13.6. The largest absolute Gasteiger partial charge is 0.266 e. The number of para-hydroxylation sites is 2. The highest BCUT2D eigenvalue weighted by molar-refractivity contribution is 7.93. The highest BCUT2D eigenvalue weighted by Crippen LogP contribution is 2.32. The van der Waals surface area contributed by atoms with Gasteiger partial charge in [0.25, 0.3) is 10.0 Å². The molecule has 1 saturated heterocycles. The van der Waals surface area contributed by atoms with Gasteiger partial charge < -0.3 is 0 Å². The molecule has 0 spiro atoms. The summed E-state index contributed by atoms with van der Waals surface area (Å²) in [5.74, 6) is -0.191. The van der Waals surface area contributed by atoms with Crippen molar-refractivity contribution in [3.8, 4) is 0 Å². The molecule has 140 valence electrons. The Morgan fingerprint density at radius 2 is 1.70 bits per heavy atom. The Bertz CT molecular complexity index is 1190. The lowest BCUT2D eigenvalue weighted by Gasteiger charge is -2.29. The second-order valence-electron chi connectivity index (χ2n) is 6.52. The van der Waals surface area contributed by atoms with E-state index in [2.05, 4.69) is 4.98 Å². The summed E-state index contributed by atoms with van der Waals surface area (Å²) in [5.41, 5.74) is 0.828. The average Bonchev–Trinajstić information content (AvgIpc) is 3.01. The SMILES string of the molecule is O=S1(=O)CC[C@@H](N(c2ccccc2)S(=O)(=O)c2cccc3cccnc23)C1. The van der Waals surface area contributed by atoms with E-state index in [4.69, 9.17) is 0 Å². The first-order valence-corrected chi connectivity index (χ1v) is 11.8. The third kappa shape index (κ3) is 3.30. The Labute approximate surface area is 158 Å². The minimum absolute atomic E-state index is 0.00962. The zero-order valence-corrected chi connectivity index (χ0v) is 16.0. The van der Waals surface area contributed by atoms with Gasteiger partial charge in [0.15, 0.2) is 9.84 Å². The number of hydrogen-bond acceptors (Lipinski definition) is 5. The van der Waals surface area contributed by atoms with Crippen LogP contribution in [0.25, 0.3) is 10.9 Å². The van der Waals surface area contributed by atoms with Gasteiger partial charge in [0, 0.05) is 11.6 Å². The molecule has 0 bridgehead atoms. The van der Waals surface area contributed by atoms with Crippen molar-refractivity contribution in [2.24, 2.45) is 0 Å². The third-order valence-corrected chi connectivity index (χ3v) is 8.35. The van der Waals surface area contributed by atoms with Gasteiger partial charge in [0.05, 0.1) is 28.8 Å². The predicted molar refractivity (Wildman–Crippen MR) is 105 cm³/mol. The standard InChI is InChI=1S/C19H18N2O4S2/c22-26(23)13-11-17(14-26)21(16-8-2-1-3-9-16)27(24,25)18-10-4-6-15-7-5-12-20-19(15)18/h1-10,12,17H,11,13-14H2/t17-/m1/s1. The normalized spacial score (nSPS) is 19.2. The van der Waals surface area contributed by atoms with Crippen LogP contribution >= 0.6 is 0 Å². The smallest absolute Gasteiger partial charge is 0.262 e. The summed E-state index contributed by atoms with van der Waals surface area (Å²) in [7, 11) is -7.26. The van der Waals surface area contributed by atoms with Crippen LogP contribution in [0.15, 0.2) is 71.8 Å². The summed E-state index contributed by atoms with van der Waals surface area (Å²) in [4.78, 5) is 4.33. The van der Waals surface area contributed by atoms with E-state index in [9.17, 15) is 16.8 Å². The molecule has 1 fully saturated rings. The van der Waals surface area contributed by atoms with Gasteiger partial charge in [-0.1, -0.05) is 36.4 Å². The fourth-order valence-corrected chi connectivity index (χ4v) is 7.11. The summed E-state index contributed by atoms with van der Waals surface area (Å²) in [6, 6.07) is 16.5. The minimum atomic E-state index is -4.01. The first-order chi connectivity index (χ1) is 12.9. The molecule has 4 rings (SSSR count). The molecule has 8 heteroatoms. The Kier molecular flexibility index (Phi) is 4.39. The molecular formula is C19H18N2O4S2. The zero-order chi connectivity index (χ0) is 19.1. The van der Waals surface area contributed by atoms with Gasteiger partial charge in [-0.05, 0) is 30.7 Å². The molecule has 0 radical (unpaired) electrons. The molecule has 1 aliphatic heterocycles. The van der Waals surface area contributed by atoms with E-state index in [1.54, 1.807) is 60.8 Å². The monoisotopic (exact) mass is 402 g/mol. The van der Waals surface area contributed by atoms with E-state index in [0.29, 0.717) is 16.6 Å². The Morgan fingerprint density at radius 1 is 0.963 bits per heavy atom. The maximum Gasteiger partial charge on any atom is 0.266 e. The predicted octanol–water partition coefficient (Wildman–Crippen LogP) is 2.62. The molecule has 1 atom stereocenters. The molecule has 0 saturated carbocycles. The van der Waals surface area contributed by atoms with Crippen LogP contribution in [0.2, 0.25) is 0 Å². The second-order valence-corrected chi connectivity index (χ2v) is 10.5. The summed E-state index contributed by atoms with van der Waals surface area (Å²) < 4.78 is 52.6. The van der Waals surface area contributed by atoms with Gasteiger partial charge >= 0.3 is 0 Å². The van der Waals surface area contributed by atoms with Gasteiger partial charge in [0.1, 0.15) is 4.90 Å². The van der Waals surface area contributed by atoms with E-state index >= 15 is 0 Å². The van der Waals surface area contributed by atoms with E-state index in [-0.39, 0.29) is 22.8 Å². The summed E-state index contributed by atoms with van der Waals surface area (Å²) in [6.45, 7) is 0. The number of fused-ring (bicyclic) bond motifs is 1. The van der Waals surface area contributed by atoms with E-state index in [1.807, 2.05) is 0 Å². The first kappa shape index (κ1) is 17.9. The van der Waals surface area contributed by atoms with E-state index in [1.165, 1.54) is 10.4 Å². The highest BCUT2D eigenvalue weighted by Gasteiger charge is 2.39. The molecule has 6 nitrogen and oxygen atoms in total. The van der Waals surface area contributed by atoms with Gasteiger partial charge in [-0.3, -0.25) is 9.29 Å². The number of nitrogens with zero attached hydrogens (tertiary/aromatic N) is 2. The number of pyridine rings is 1. The Morgan fingerprint density at radius 3 is 2.41 bits per heavy atom. The second kappa shape index (κ2) is 6.61. The van der Waals surface area contributed by atoms with E-state index in [0.717, 1.165) is 0 Å². The van der Waals surface area contributed by atoms with Crippen LogP contribution < -0.4 is 4.31 Å². The van der Waals surface area contributed by atoms with Crippen molar-refractivity contribution in [2.75, 3.05) is 15.8 Å². The van der Waals surface area contributed by atoms with Crippen LogP contribution in [-0.4, -0.2) is 39.4 Å². The lowest BCUT2D eigenvalue weighted by molar-refractivity contribution is 0.581. The number of benzene rings is 2. The van der Waals surface area contributed by atoms with Crippen LogP contribution in [0, 0.1) is 0 Å². The summed E-state index contributed by atoms with van der Waals surface area (Å²) >= 11 is 0. The van der Waals surface area contributed by atoms with Crippen molar-refractivity contribution < 1.29 is 16.8 Å². The Balaban J connectivity index is 1.91. The van der Waals surface area contributed by atoms with E-state index < -0.39 is 25.9 Å². The van der Waals surface area contributed by atoms with Crippen molar-refractivity contribution in [1.29, 1.82) is 0 Å². The fourth-order valence-electron chi connectivity index (χ4n) is 3.47. The molecule has 0 amide bonds. The van der Waals surface area contributed by atoms with Gasteiger partial charge in [-0.2, -0.15) is 0 Å². The molecule has 3 aromatic rings. The summed E-state index contributed by atoms with van der Waals surface area (Å²) in [6.07, 6.45) is 1.82. The van der Waals surface area contributed by atoms with Crippen molar-refractivity contribution in [2.45, 2.75) is 17.4 Å². The minimum Gasteiger partial charge on any atom is -0.262 e. The lowest BCUT2D eigenvalue weighted by atomic mass is 10.2. The van der Waals surface area contributed by atoms with Crippen LogP contribution in [0.5, 0.6) is 0 Å². The number of aromatic nitrogens is 1.